The predicted octanol–water partition coefficient (Wildman–Crippen LogP) is 2.54. The first-order chi connectivity index (χ1) is 9.06. The highest BCUT2D eigenvalue weighted by Crippen LogP contribution is 2.17. The Hall–Kier alpha value is -2.36. The summed E-state index contributed by atoms with van der Waals surface area (Å²) in [4.78, 5) is 23.6. The van der Waals surface area contributed by atoms with E-state index in [1.807, 2.05) is 25.1 Å². The smallest absolute Gasteiger partial charge is 0.341 e. The van der Waals surface area contributed by atoms with Crippen molar-refractivity contribution in [1.29, 1.82) is 0 Å². The fraction of sp³-hybridized carbons (Fsp3) is 0.200. The number of carboxylic acids is 1. The zero-order chi connectivity index (χ0) is 14.0. The average Bonchev–Trinajstić information content (AvgIpc) is 2.39. The molecule has 4 nitrogen and oxygen atoms in total. The van der Waals surface area contributed by atoms with Crippen molar-refractivity contribution in [2.75, 3.05) is 0 Å². The molecule has 1 aromatic heterocycles. The van der Waals surface area contributed by atoms with Crippen LogP contribution < -0.4 is 5.43 Å². The molecule has 4 heteroatoms. The minimum atomic E-state index is -1.18. The Morgan fingerprint density at radius 1 is 1.26 bits per heavy atom. The summed E-state index contributed by atoms with van der Waals surface area (Å²) in [6, 6.07) is 9.11. The second kappa shape index (κ2) is 5.10. The molecule has 0 amide bonds. The van der Waals surface area contributed by atoms with Crippen LogP contribution in [0.25, 0.3) is 11.1 Å². The number of nitrogens with zero attached hydrogens (tertiary/aromatic N) is 1. The van der Waals surface area contributed by atoms with Crippen LogP contribution in [0, 0.1) is 6.92 Å². The lowest BCUT2D eigenvalue weighted by Crippen LogP contribution is -2.23. The summed E-state index contributed by atoms with van der Waals surface area (Å²) < 4.78 is 1.78. The van der Waals surface area contributed by atoms with Crippen LogP contribution in [0.4, 0.5) is 0 Å². The van der Waals surface area contributed by atoms with Crippen LogP contribution in [0.3, 0.4) is 0 Å². The molecule has 1 aromatic carbocycles. The predicted molar refractivity (Wildman–Crippen MR) is 73.5 cm³/mol. The minimum absolute atomic E-state index is 0.150. The number of benzene rings is 1. The first-order valence-corrected chi connectivity index (χ1v) is 6.09. The Morgan fingerprint density at radius 2 is 1.89 bits per heavy atom. The van der Waals surface area contributed by atoms with Gasteiger partial charge in [0, 0.05) is 24.0 Å². The SMILES string of the molecule is CCn1cc(-c2ccccc2)c(=O)c(C(=O)O)c1C. The fourth-order valence-corrected chi connectivity index (χ4v) is 2.16. The van der Waals surface area contributed by atoms with Gasteiger partial charge in [0.15, 0.2) is 0 Å². The van der Waals surface area contributed by atoms with Crippen LogP contribution >= 0.6 is 0 Å². The van der Waals surface area contributed by atoms with Gasteiger partial charge in [-0.3, -0.25) is 4.79 Å². The normalized spacial score (nSPS) is 10.4. The Balaban J connectivity index is 2.80. The lowest BCUT2D eigenvalue weighted by atomic mass is 10.0. The molecule has 19 heavy (non-hydrogen) atoms. The molecule has 0 spiro atoms. The summed E-state index contributed by atoms with van der Waals surface area (Å²) in [7, 11) is 0. The molecular weight excluding hydrogens is 242 g/mol. The fourth-order valence-electron chi connectivity index (χ4n) is 2.16. The van der Waals surface area contributed by atoms with Gasteiger partial charge in [0.05, 0.1) is 0 Å². The second-order valence-corrected chi connectivity index (χ2v) is 4.29. The molecule has 1 N–H and O–H groups in total. The number of aromatic nitrogens is 1. The molecule has 0 aliphatic heterocycles. The Morgan fingerprint density at radius 3 is 2.42 bits per heavy atom. The van der Waals surface area contributed by atoms with Gasteiger partial charge in [0.1, 0.15) is 5.56 Å². The summed E-state index contributed by atoms with van der Waals surface area (Å²) in [5.41, 5.74) is 1.06. The molecule has 0 radical (unpaired) electrons. The van der Waals surface area contributed by atoms with Crippen molar-refractivity contribution < 1.29 is 9.90 Å². The van der Waals surface area contributed by atoms with Crippen LogP contribution in [-0.4, -0.2) is 15.6 Å². The molecule has 0 unspecified atom stereocenters. The van der Waals surface area contributed by atoms with Crippen LogP contribution in [0.5, 0.6) is 0 Å². The third-order valence-electron chi connectivity index (χ3n) is 3.19. The van der Waals surface area contributed by atoms with E-state index in [0.717, 1.165) is 5.56 Å². The molecule has 0 fully saturated rings. The van der Waals surface area contributed by atoms with Gasteiger partial charge in [-0.15, -0.1) is 0 Å². The topological polar surface area (TPSA) is 59.3 Å². The van der Waals surface area contributed by atoms with Gasteiger partial charge in [-0.25, -0.2) is 4.79 Å². The Bertz CT molecular complexity index is 672. The largest absolute Gasteiger partial charge is 0.477 e. The molecule has 98 valence electrons. The maximum Gasteiger partial charge on any atom is 0.341 e. The number of hydrogen-bond acceptors (Lipinski definition) is 2. The summed E-state index contributed by atoms with van der Waals surface area (Å²) in [5.74, 6) is -1.18. The molecule has 0 saturated heterocycles. The number of pyridine rings is 1. The Kier molecular flexibility index (Phi) is 3.51. The van der Waals surface area contributed by atoms with Crippen molar-refractivity contribution in [2.45, 2.75) is 20.4 Å². The van der Waals surface area contributed by atoms with Crippen molar-refractivity contribution in [2.24, 2.45) is 0 Å². The van der Waals surface area contributed by atoms with E-state index in [-0.39, 0.29) is 5.56 Å². The van der Waals surface area contributed by atoms with Crippen molar-refractivity contribution in [3.8, 4) is 11.1 Å². The molecule has 2 aromatic rings. The van der Waals surface area contributed by atoms with E-state index in [9.17, 15) is 14.7 Å². The van der Waals surface area contributed by atoms with Crippen molar-refractivity contribution in [3.63, 3.8) is 0 Å². The van der Waals surface area contributed by atoms with E-state index in [4.69, 9.17) is 0 Å². The van der Waals surface area contributed by atoms with E-state index >= 15 is 0 Å². The number of carboxylic acid groups (broad SMARTS) is 1. The van der Waals surface area contributed by atoms with Crippen molar-refractivity contribution >= 4 is 5.97 Å². The lowest BCUT2D eigenvalue weighted by Gasteiger charge is -2.13. The Labute approximate surface area is 110 Å². The van der Waals surface area contributed by atoms with Gasteiger partial charge in [-0.05, 0) is 19.4 Å². The summed E-state index contributed by atoms with van der Waals surface area (Å²) in [6.45, 7) is 4.19. The highest BCUT2D eigenvalue weighted by Gasteiger charge is 2.18. The van der Waals surface area contributed by atoms with E-state index < -0.39 is 11.4 Å². The third-order valence-corrected chi connectivity index (χ3v) is 3.19. The zero-order valence-corrected chi connectivity index (χ0v) is 10.9. The maximum atomic E-state index is 12.3. The quantitative estimate of drug-likeness (QED) is 0.919. The number of aryl methyl sites for hydroxylation is 1. The minimum Gasteiger partial charge on any atom is -0.477 e. The van der Waals surface area contributed by atoms with Gasteiger partial charge in [0.2, 0.25) is 5.43 Å². The van der Waals surface area contributed by atoms with Gasteiger partial charge < -0.3 is 9.67 Å². The van der Waals surface area contributed by atoms with Gasteiger partial charge in [0.25, 0.3) is 0 Å². The standard InChI is InChI=1S/C15H15NO3/c1-3-16-9-12(11-7-5-4-6-8-11)14(17)13(10(16)2)15(18)19/h4-9H,3H2,1-2H3,(H,18,19). The van der Waals surface area contributed by atoms with Crippen LogP contribution in [-0.2, 0) is 6.54 Å². The monoisotopic (exact) mass is 257 g/mol. The summed E-state index contributed by atoms with van der Waals surface area (Å²) in [6.07, 6.45) is 1.72. The van der Waals surface area contributed by atoms with Gasteiger partial charge in [-0.1, -0.05) is 30.3 Å². The van der Waals surface area contributed by atoms with E-state index in [1.54, 1.807) is 29.8 Å². The highest BCUT2D eigenvalue weighted by atomic mass is 16.4. The van der Waals surface area contributed by atoms with Gasteiger partial charge >= 0.3 is 5.97 Å². The molecule has 2 rings (SSSR count). The second-order valence-electron chi connectivity index (χ2n) is 4.29. The molecule has 0 atom stereocenters. The number of hydrogen-bond donors (Lipinski definition) is 1. The lowest BCUT2D eigenvalue weighted by molar-refractivity contribution is 0.0693. The van der Waals surface area contributed by atoms with Crippen molar-refractivity contribution in [3.05, 3.63) is 58.0 Å². The molecule has 0 bridgehead atoms. The highest BCUT2D eigenvalue weighted by molar-refractivity contribution is 5.90. The van der Waals surface area contributed by atoms with Crippen LogP contribution in [0.1, 0.15) is 23.0 Å². The van der Waals surface area contributed by atoms with Gasteiger partial charge in [-0.2, -0.15) is 0 Å². The molecular formula is C15H15NO3. The molecule has 0 saturated carbocycles. The van der Waals surface area contributed by atoms with E-state index in [0.29, 0.717) is 17.8 Å². The first kappa shape index (κ1) is 13.1. The number of carbonyl (C=O) groups is 1. The van der Waals surface area contributed by atoms with E-state index in [2.05, 4.69) is 0 Å². The van der Waals surface area contributed by atoms with E-state index in [1.165, 1.54) is 0 Å². The summed E-state index contributed by atoms with van der Waals surface area (Å²) in [5, 5.41) is 9.22. The maximum absolute atomic E-state index is 12.3. The average molecular weight is 257 g/mol. The van der Waals surface area contributed by atoms with Crippen LogP contribution in [0.2, 0.25) is 0 Å². The van der Waals surface area contributed by atoms with Crippen LogP contribution in [0.15, 0.2) is 41.3 Å². The molecule has 0 aliphatic rings. The van der Waals surface area contributed by atoms with Crippen molar-refractivity contribution in [1.82, 2.24) is 4.57 Å². The molecule has 0 aliphatic carbocycles. The third kappa shape index (κ3) is 2.29. The number of rotatable bonds is 3. The first-order valence-electron chi connectivity index (χ1n) is 6.09. The molecule has 1 heterocycles. The zero-order valence-electron chi connectivity index (χ0n) is 10.9. The summed E-state index contributed by atoms with van der Waals surface area (Å²) >= 11 is 0. The number of aromatic carboxylic acids is 1.